The van der Waals surface area contributed by atoms with Crippen molar-refractivity contribution in [3.8, 4) is 51.0 Å². The molecule has 0 amide bonds. The van der Waals surface area contributed by atoms with Crippen LogP contribution in [0.5, 0.6) is 0 Å². The first-order valence-corrected chi connectivity index (χ1v) is 20.6. The lowest BCUT2D eigenvalue weighted by atomic mass is 9.97. The van der Waals surface area contributed by atoms with Crippen LogP contribution in [-0.2, 0) is 0 Å². The van der Waals surface area contributed by atoms with Crippen LogP contribution in [0.3, 0.4) is 0 Å². The molecular formula is C51H30N4S2. The Balaban J connectivity index is 1.04. The van der Waals surface area contributed by atoms with Gasteiger partial charge in [-0.1, -0.05) is 103 Å². The molecule has 0 radical (unpaired) electrons. The first-order valence-electron chi connectivity index (χ1n) is 19.0. The van der Waals surface area contributed by atoms with Crippen LogP contribution in [0.15, 0.2) is 182 Å². The second-order valence-electron chi connectivity index (χ2n) is 14.4. The molecule has 0 aliphatic carbocycles. The van der Waals surface area contributed by atoms with E-state index in [1.807, 2.05) is 40.9 Å². The number of thiophene rings is 2. The smallest absolute Gasteiger partial charge is 0.164 e. The van der Waals surface area contributed by atoms with Crippen molar-refractivity contribution in [2.24, 2.45) is 0 Å². The first kappa shape index (κ1) is 32.3. The summed E-state index contributed by atoms with van der Waals surface area (Å²) in [5.74, 6) is 1.97. The van der Waals surface area contributed by atoms with E-state index >= 15 is 0 Å². The highest BCUT2D eigenvalue weighted by Gasteiger charge is 2.18. The van der Waals surface area contributed by atoms with Gasteiger partial charge in [0.25, 0.3) is 0 Å². The molecule has 0 fully saturated rings. The molecule has 0 unspecified atom stereocenters. The first-order chi connectivity index (χ1) is 28.2. The number of aromatic nitrogens is 4. The molecule has 8 aromatic carbocycles. The summed E-state index contributed by atoms with van der Waals surface area (Å²) in [5.41, 5.74) is 8.86. The summed E-state index contributed by atoms with van der Waals surface area (Å²) in [7, 11) is 0. The van der Waals surface area contributed by atoms with E-state index in [2.05, 4.69) is 168 Å². The third-order valence-electron chi connectivity index (χ3n) is 11.1. The molecule has 12 rings (SSSR count). The topological polar surface area (TPSA) is 43.6 Å². The Morgan fingerprint density at radius 2 is 0.877 bits per heavy atom. The number of fused-ring (bicyclic) bond motifs is 9. The zero-order valence-corrected chi connectivity index (χ0v) is 32.1. The highest BCUT2D eigenvalue weighted by Crippen LogP contribution is 2.43. The Kier molecular flexibility index (Phi) is 7.24. The highest BCUT2D eigenvalue weighted by molar-refractivity contribution is 7.26. The summed E-state index contributed by atoms with van der Waals surface area (Å²) in [6, 6.07) is 65.0. The van der Waals surface area contributed by atoms with Crippen LogP contribution < -0.4 is 0 Å². The molecule has 4 aromatic heterocycles. The van der Waals surface area contributed by atoms with Crippen LogP contribution in [0.1, 0.15) is 0 Å². The van der Waals surface area contributed by atoms with Gasteiger partial charge in [0.15, 0.2) is 17.5 Å². The molecule has 12 aromatic rings. The summed E-state index contributed by atoms with van der Waals surface area (Å²) in [6.07, 6.45) is 0. The maximum absolute atomic E-state index is 5.20. The van der Waals surface area contributed by atoms with Crippen molar-refractivity contribution in [2.45, 2.75) is 0 Å². The van der Waals surface area contributed by atoms with Crippen LogP contribution in [0.4, 0.5) is 0 Å². The predicted octanol–water partition coefficient (Wildman–Crippen LogP) is 14.4. The zero-order chi connectivity index (χ0) is 37.5. The van der Waals surface area contributed by atoms with Gasteiger partial charge in [-0.2, -0.15) is 0 Å². The van der Waals surface area contributed by atoms with E-state index in [9.17, 15) is 0 Å². The SMILES string of the molecule is c1ccc(-c2nc(-c3ccc4sc5ccccc5c4c3)nc(-c3ccc4sc5cccc(-c6ccc7c(c6)c6ccccc6n7-c6ccccc6)c5c4c3)n2)cc1. The second kappa shape index (κ2) is 12.8. The molecule has 0 spiro atoms. The normalized spacial score (nSPS) is 11.9. The van der Waals surface area contributed by atoms with Crippen molar-refractivity contribution >= 4 is 84.8 Å². The molecule has 266 valence electrons. The van der Waals surface area contributed by atoms with E-state index in [-0.39, 0.29) is 0 Å². The Labute approximate surface area is 335 Å². The van der Waals surface area contributed by atoms with Crippen LogP contribution in [0.25, 0.3) is 113 Å². The lowest BCUT2D eigenvalue weighted by molar-refractivity contribution is 1.08. The highest BCUT2D eigenvalue weighted by atomic mass is 32.1. The molecule has 0 aliphatic rings. The summed E-state index contributed by atoms with van der Waals surface area (Å²) in [6.45, 7) is 0. The molecule has 0 aliphatic heterocycles. The summed E-state index contributed by atoms with van der Waals surface area (Å²) >= 11 is 3.64. The van der Waals surface area contributed by atoms with E-state index < -0.39 is 0 Å². The van der Waals surface area contributed by atoms with Crippen molar-refractivity contribution in [1.82, 2.24) is 19.5 Å². The molecular weight excluding hydrogens is 733 g/mol. The average Bonchev–Trinajstić information content (AvgIpc) is 3.95. The van der Waals surface area contributed by atoms with Crippen molar-refractivity contribution < 1.29 is 0 Å². The fourth-order valence-corrected chi connectivity index (χ4v) is 10.6. The Morgan fingerprint density at radius 1 is 0.333 bits per heavy atom. The van der Waals surface area contributed by atoms with Gasteiger partial charge in [-0.05, 0) is 90.0 Å². The molecule has 0 bridgehead atoms. The number of benzene rings is 8. The molecule has 4 heterocycles. The van der Waals surface area contributed by atoms with Crippen LogP contribution >= 0.6 is 22.7 Å². The molecule has 6 heteroatoms. The number of hydrogen-bond acceptors (Lipinski definition) is 5. The van der Waals surface area contributed by atoms with Gasteiger partial charge in [-0.3, -0.25) is 0 Å². The summed E-state index contributed by atoms with van der Waals surface area (Å²) < 4.78 is 7.39. The van der Waals surface area contributed by atoms with Gasteiger partial charge in [-0.15, -0.1) is 22.7 Å². The van der Waals surface area contributed by atoms with Crippen LogP contribution in [0.2, 0.25) is 0 Å². The largest absolute Gasteiger partial charge is 0.309 e. The van der Waals surface area contributed by atoms with Crippen LogP contribution in [0, 0.1) is 0 Å². The molecule has 4 nitrogen and oxygen atoms in total. The lowest BCUT2D eigenvalue weighted by Crippen LogP contribution is -2.00. The van der Waals surface area contributed by atoms with E-state index in [1.165, 1.54) is 73.3 Å². The van der Waals surface area contributed by atoms with Crippen LogP contribution in [-0.4, -0.2) is 19.5 Å². The van der Waals surface area contributed by atoms with Gasteiger partial charge in [-0.25, -0.2) is 15.0 Å². The van der Waals surface area contributed by atoms with Crippen molar-refractivity contribution in [1.29, 1.82) is 0 Å². The van der Waals surface area contributed by atoms with Gasteiger partial charge in [0.1, 0.15) is 0 Å². The van der Waals surface area contributed by atoms with E-state index in [0.717, 1.165) is 22.4 Å². The average molecular weight is 763 g/mol. The van der Waals surface area contributed by atoms with Crippen molar-refractivity contribution in [3.63, 3.8) is 0 Å². The fourth-order valence-electron chi connectivity index (χ4n) is 8.42. The van der Waals surface area contributed by atoms with E-state index in [1.54, 1.807) is 0 Å². The van der Waals surface area contributed by atoms with Gasteiger partial charge in [0.05, 0.1) is 11.0 Å². The van der Waals surface area contributed by atoms with Crippen molar-refractivity contribution in [3.05, 3.63) is 182 Å². The quantitative estimate of drug-likeness (QED) is 0.175. The summed E-state index contributed by atoms with van der Waals surface area (Å²) in [5, 5.41) is 7.40. The fraction of sp³-hybridized carbons (Fsp3) is 0. The van der Waals surface area contributed by atoms with Gasteiger partial charge in [0.2, 0.25) is 0 Å². The number of para-hydroxylation sites is 2. The number of rotatable bonds is 5. The zero-order valence-electron chi connectivity index (χ0n) is 30.4. The molecule has 0 saturated carbocycles. The minimum Gasteiger partial charge on any atom is -0.309 e. The second-order valence-corrected chi connectivity index (χ2v) is 16.6. The monoisotopic (exact) mass is 762 g/mol. The third-order valence-corrected chi connectivity index (χ3v) is 13.3. The van der Waals surface area contributed by atoms with E-state index in [0.29, 0.717) is 17.5 Å². The molecule has 0 atom stereocenters. The minimum absolute atomic E-state index is 0.656. The number of hydrogen-bond donors (Lipinski definition) is 0. The maximum atomic E-state index is 5.20. The standard InChI is InChI=1S/C51H30N4S2/c1-3-12-31(13-4-1)49-52-50(33-23-26-45-40(29-33)38-17-8-10-20-44(38)56-45)54-51(53-49)34-24-27-46-41(30-34)48-36(18-11-21-47(48)57-46)32-22-25-43-39(28-32)37-16-7-9-19-42(37)55(43)35-14-5-2-6-15-35/h1-30H. The Morgan fingerprint density at radius 3 is 1.67 bits per heavy atom. The summed E-state index contributed by atoms with van der Waals surface area (Å²) in [4.78, 5) is 15.4. The molecule has 0 N–H and O–H groups in total. The predicted molar refractivity (Wildman–Crippen MR) is 242 cm³/mol. The van der Waals surface area contributed by atoms with Crippen molar-refractivity contribution in [2.75, 3.05) is 0 Å². The van der Waals surface area contributed by atoms with Gasteiger partial charge >= 0.3 is 0 Å². The molecule has 57 heavy (non-hydrogen) atoms. The Hall–Kier alpha value is -6.99. The van der Waals surface area contributed by atoms with Gasteiger partial charge < -0.3 is 4.57 Å². The third kappa shape index (κ3) is 5.22. The Bertz CT molecular complexity index is 3530. The molecule has 0 saturated heterocycles. The minimum atomic E-state index is 0.656. The van der Waals surface area contributed by atoms with Gasteiger partial charge in [0, 0.05) is 73.5 Å². The lowest BCUT2D eigenvalue weighted by Gasteiger charge is -2.10. The maximum Gasteiger partial charge on any atom is 0.164 e. The van der Waals surface area contributed by atoms with E-state index in [4.69, 9.17) is 15.0 Å². The number of nitrogens with zero attached hydrogens (tertiary/aromatic N) is 4.